The molecule has 5 heteroatoms. The summed E-state index contributed by atoms with van der Waals surface area (Å²) in [4.78, 5) is 11.9. The number of hydrogen-bond donors (Lipinski definition) is 0. The number of hydrogen-bond acceptors (Lipinski definition) is 1. The molecule has 19 heavy (non-hydrogen) atoms. The molecule has 0 radical (unpaired) electrons. The minimum atomic E-state index is -0.685. The van der Waals surface area contributed by atoms with Crippen molar-refractivity contribution in [2.75, 3.05) is 0 Å². The zero-order valence-electron chi connectivity index (χ0n) is 9.59. The van der Waals surface area contributed by atoms with Crippen LogP contribution in [-0.4, -0.2) is 5.78 Å². The van der Waals surface area contributed by atoms with Gasteiger partial charge in [-0.25, -0.2) is 8.78 Å². The second-order valence-electron chi connectivity index (χ2n) is 3.96. The van der Waals surface area contributed by atoms with Gasteiger partial charge < -0.3 is 0 Å². The van der Waals surface area contributed by atoms with Gasteiger partial charge in [-0.15, -0.1) is 0 Å². The molecule has 0 N–H and O–H groups in total. The van der Waals surface area contributed by atoms with Crippen LogP contribution in [0.5, 0.6) is 0 Å². The lowest BCUT2D eigenvalue weighted by atomic mass is 10.0. The van der Waals surface area contributed by atoms with Crippen LogP contribution < -0.4 is 0 Å². The molecule has 0 saturated heterocycles. The molecule has 2 aromatic rings. The highest BCUT2D eigenvalue weighted by atomic mass is 35.5. The van der Waals surface area contributed by atoms with Gasteiger partial charge in [-0.05, 0) is 35.9 Å². The molecule has 98 valence electrons. The topological polar surface area (TPSA) is 17.1 Å². The Kier molecular flexibility index (Phi) is 4.17. The van der Waals surface area contributed by atoms with Crippen LogP contribution in [-0.2, 0) is 6.42 Å². The first-order valence-electron chi connectivity index (χ1n) is 5.39. The lowest BCUT2D eigenvalue weighted by Crippen LogP contribution is -2.06. The number of rotatable bonds is 3. The maximum absolute atomic E-state index is 13.6. The molecule has 0 atom stereocenters. The average molecular weight is 301 g/mol. The highest BCUT2D eigenvalue weighted by Crippen LogP contribution is 2.21. The summed E-state index contributed by atoms with van der Waals surface area (Å²) in [5, 5.41) is 0.358. The van der Waals surface area contributed by atoms with Crippen molar-refractivity contribution in [1.82, 2.24) is 0 Å². The molecular weight excluding hydrogens is 293 g/mol. The third-order valence-electron chi connectivity index (χ3n) is 2.60. The van der Waals surface area contributed by atoms with Gasteiger partial charge in [0, 0.05) is 16.5 Å². The van der Waals surface area contributed by atoms with E-state index in [0.717, 1.165) is 12.1 Å². The van der Waals surface area contributed by atoms with E-state index < -0.39 is 17.4 Å². The van der Waals surface area contributed by atoms with Gasteiger partial charge in [-0.2, -0.15) is 0 Å². The normalized spacial score (nSPS) is 10.5. The van der Waals surface area contributed by atoms with Crippen molar-refractivity contribution >= 4 is 29.0 Å². The standard InChI is InChI=1S/C14H8Cl2F2O/c15-9-2-4-11(13(18)6-9)14(19)5-8-1-3-10(17)7-12(8)16/h1-4,6-7H,5H2. The van der Waals surface area contributed by atoms with Gasteiger partial charge in [0.25, 0.3) is 0 Å². The predicted molar refractivity (Wildman–Crippen MR) is 70.9 cm³/mol. The SMILES string of the molecule is O=C(Cc1ccc(F)cc1Cl)c1ccc(Cl)cc1F. The third kappa shape index (κ3) is 3.31. The molecule has 0 aromatic heterocycles. The van der Waals surface area contributed by atoms with Gasteiger partial charge in [-0.1, -0.05) is 29.3 Å². The lowest BCUT2D eigenvalue weighted by Gasteiger charge is -2.05. The minimum absolute atomic E-state index is 0.0650. The molecule has 1 nitrogen and oxygen atoms in total. The molecule has 0 saturated carbocycles. The van der Waals surface area contributed by atoms with Gasteiger partial charge in [0.2, 0.25) is 0 Å². The summed E-state index contributed by atoms with van der Waals surface area (Å²) in [7, 11) is 0. The van der Waals surface area contributed by atoms with Gasteiger partial charge >= 0.3 is 0 Å². The van der Waals surface area contributed by atoms with Gasteiger partial charge in [-0.3, -0.25) is 4.79 Å². The summed E-state index contributed by atoms with van der Waals surface area (Å²) in [6, 6.07) is 7.54. The van der Waals surface area contributed by atoms with Crippen LogP contribution in [0.2, 0.25) is 10.0 Å². The summed E-state index contributed by atoms with van der Waals surface area (Å²) < 4.78 is 26.4. The minimum Gasteiger partial charge on any atom is -0.294 e. The second-order valence-corrected chi connectivity index (χ2v) is 4.80. The molecule has 0 aliphatic carbocycles. The van der Waals surface area contributed by atoms with E-state index in [2.05, 4.69) is 0 Å². The Labute approximate surface area is 118 Å². The quantitative estimate of drug-likeness (QED) is 0.751. The predicted octanol–water partition coefficient (Wildman–Crippen LogP) is 4.70. The van der Waals surface area contributed by atoms with Crippen molar-refractivity contribution in [2.24, 2.45) is 0 Å². The van der Waals surface area contributed by atoms with Gasteiger partial charge in [0.05, 0.1) is 5.56 Å². The number of halogens is 4. The Balaban J connectivity index is 2.25. The van der Waals surface area contributed by atoms with Crippen LogP contribution in [0.15, 0.2) is 36.4 Å². The fraction of sp³-hybridized carbons (Fsp3) is 0.0714. The molecule has 2 aromatic carbocycles. The summed E-state index contributed by atoms with van der Waals surface area (Å²) in [6.07, 6.45) is -0.0995. The fourth-order valence-electron chi connectivity index (χ4n) is 1.65. The van der Waals surface area contributed by atoms with Crippen molar-refractivity contribution in [2.45, 2.75) is 6.42 Å². The maximum atomic E-state index is 13.6. The first-order chi connectivity index (χ1) is 8.97. The molecular formula is C14H8Cl2F2O. The molecule has 0 amide bonds. The molecule has 0 spiro atoms. The fourth-order valence-corrected chi connectivity index (χ4v) is 2.04. The zero-order chi connectivity index (χ0) is 14.0. The number of carbonyl (C=O) groups excluding carboxylic acids is 1. The van der Waals surface area contributed by atoms with E-state index in [1.807, 2.05) is 0 Å². The Bertz CT molecular complexity index is 641. The number of ketones is 1. The monoisotopic (exact) mass is 300 g/mol. The summed E-state index contributed by atoms with van der Waals surface area (Å²) >= 11 is 11.4. The van der Waals surface area contributed by atoms with Gasteiger partial charge in [0.1, 0.15) is 11.6 Å². The van der Waals surface area contributed by atoms with E-state index in [4.69, 9.17) is 23.2 Å². The molecule has 0 aliphatic rings. The Morgan fingerprint density at radius 1 is 1.05 bits per heavy atom. The van der Waals surface area contributed by atoms with Crippen LogP contribution in [0, 0.1) is 11.6 Å². The first-order valence-corrected chi connectivity index (χ1v) is 6.15. The molecule has 0 unspecified atom stereocenters. The van der Waals surface area contributed by atoms with E-state index in [1.165, 1.54) is 24.3 Å². The summed E-state index contributed by atoms with van der Waals surface area (Å²) in [5.41, 5.74) is 0.382. The van der Waals surface area contributed by atoms with Crippen molar-refractivity contribution in [1.29, 1.82) is 0 Å². The van der Waals surface area contributed by atoms with Crippen molar-refractivity contribution in [3.63, 3.8) is 0 Å². The lowest BCUT2D eigenvalue weighted by molar-refractivity contribution is 0.0989. The highest BCUT2D eigenvalue weighted by molar-refractivity contribution is 6.31. The van der Waals surface area contributed by atoms with Crippen LogP contribution >= 0.6 is 23.2 Å². The molecule has 2 rings (SSSR count). The van der Waals surface area contributed by atoms with Crippen LogP contribution in [0.4, 0.5) is 8.78 Å². The Morgan fingerprint density at radius 3 is 2.42 bits per heavy atom. The summed E-state index contributed by atoms with van der Waals surface area (Å²) in [5.74, 6) is -1.61. The maximum Gasteiger partial charge on any atom is 0.170 e. The largest absolute Gasteiger partial charge is 0.294 e. The highest BCUT2D eigenvalue weighted by Gasteiger charge is 2.14. The Hall–Kier alpha value is -1.45. The zero-order valence-corrected chi connectivity index (χ0v) is 11.1. The van der Waals surface area contributed by atoms with E-state index in [1.54, 1.807) is 0 Å². The number of benzene rings is 2. The number of Topliss-reactive ketones (excluding diaryl/α,β-unsaturated/α-hetero) is 1. The van der Waals surface area contributed by atoms with Crippen molar-refractivity contribution in [3.05, 3.63) is 69.2 Å². The van der Waals surface area contributed by atoms with Gasteiger partial charge in [0.15, 0.2) is 5.78 Å². The smallest absolute Gasteiger partial charge is 0.170 e. The van der Waals surface area contributed by atoms with E-state index in [0.29, 0.717) is 5.56 Å². The van der Waals surface area contributed by atoms with E-state index in [9.17, 15) is 13.6 Å². The summed E-state index contributed by atoms with van der Waals surface area (Å²) in [6.45, 7) is 0. The Morgan fingerprint density at radius 2 is 1.79 bits per heavy atom. The van der Waals surface area contributed by atoms with E-state index >= 15 is 0 Å². The first kappa shape index (κ1) is 14.0. The van der Waals surface area contributed by atoms with Crippen molar-refractivity contribution < 1.29 is 13.6 Å². The molecule has 0 aliphatic heterocycles. The molecule has 0 heterocycles. The second kappa shape index (κ2) is 5.68. The van der Waals surface area contributed by atoms with Crippen LogP contribution in [0.25, 0.3) is 0 Å². The number of carbonyl (C=O) groups is 1. The van der Waals surface area contributed by atoms with Crippen LogP contribution in [0.3, 0.4) is 0 Å². The van der Waals surface area contributed by atoms with Crippen LogP contribution in [0.1, 0.15) is 15.9 Å². The molecule has 0 bridgehead atoms. The average Bonchev–Trinajstić information content (AvgIpc) is 2.32. The van der Waals surface area contributed by atoms with E-state index in [-0.39, 0.29) is 22.0 Å². The van der Waals surface area contributed by atoms with Crippen molar-refractivity contribution in [3.8, 4) is 0 Å². The third-order valence-corrected chi connectivity index (χ3v) is 3.18. The molecule has 0 fully saturated rings.